The molecule has 7 heteroatoms. The summed E-state index contributed by atoms with van der Waals surface area (Å²) in [7, 11) is 0. The number of nitrogens with two attached hydrogens (primary N) is 2. The summed E-state index contributed by atoms with van der Waals surface area (Å²) < 4.78 is 1.64. The number of hydrogen-bond acceptors (Lipinski definition) is 6. The molecule has 0 saturated heterocycles. The van der Waals surface area contributed by atoms with Crippen LogP contribution in [0.1, 0.15) is 32.2 Å². The van der Waals surface area contributed by atoms with Crippen LogP contribution in [0.2, 0.25) is 0 Å². The minimum Gasteiger partial charge on any atom is -0.397 e. The van der Waals surface area contributed by atoms with Crippen molar-refractivity contribution in [2.75, 3.05) is 11.5 Å². The number of nitrogens with zero attached hydrogens (tertiary/aromatic N) is 4. The van der Waals surface area contributed by atoms with Crippen molar-refractivity contribution in [3.63, 3.8) is 0 Å². The van der Waals surface area contributed by atoms with E-state index in [-0.39, 0.29) is 5.41 Å². The number of halogens is 1. The molecule has 0 radical (unpaired) electrons. The fourth-order valence-electron chi connectivity index (χ4n) is 1.81. The maximum atomic E-state index is 5.98. The Hall–Kier alpha value is -2.03. The molecule has 0 spiro atoms. The number of rotatable bonds is 3. The van der Waals surface area contributed by atoms with Crippen molar-refractivity contribution in [2.45, 2.75) is 26.2 Å². The highest BCUT2D eigenvalue weighted by molar-refractivity contribution is 14.1. The van der Waals surface area contributed by atoms with Crippen molar-refractivity contribution in [3.8, 4) is 0 Å². The first-order valence-electron chi connectivity index (χ1n) is 6.99. The number of anilines is 2. The summed E-state index contributed by atoms with van der Waals surface area (Å²) in [4.78, 5) is 17.2. The maximum absolute atomic E-state index is 5.98. The van der Waals surface area contributed by atoms with Crippen molar-refractivity contribution in [1.82, 2.24) is 9.97 Å². The molecule has 6 nitrogen and oxygen atoms in total. The molecule has 0 unspecified atom stereocenters. The van der Waals surface area contributed by atoms with Gasteiger partial charge in [-0.25, -0.2) is 4.99 Å². The summed E-state index contributed by atoms with van der Waals surface area (Å²) in [5.41, 5.74) is 15.7. The molecule has 1 aromatic heterocycles. The molecule has 0 aliphatic heterocycles. The van der Waals surface area contributed by atoms with E-state index >= 15 is 0 Å². The molecule has 0 fully saturated rings. The number of aliphatic imine (C=N–C) groups is 2. The lowest BCUT2D eigenvalue weighted by Crippen LogP contribution is -2.14. The van der Waals surface area contributed by atoms with Crippen LogP contribution in [-0.2, 0) is 5.41 Å². The number of aromatic nitrogens is 2. The Kier molecular flexibility index (Phi) is 5.30. The smallest absolute Gasteiger partial charge is 0.0995 e. The number of benzene rings is 1. The van der Waals surface area contributed by atoms with Gasteiger partial charge in [0.05, 0.1) is 50.8 Å². The first kappa shape index (κ1) is 17.3. The molecule has 0 aliphatic carbocycles. The monoisotopic (exact) mass is 422 g/mol. The van der Waals surface area contributed by atoms with Crippen LogP contribution in [-0.4, -0.2) is 20.4 Å². The van der Waals surface area contributed by atoms with Crippen LogP contribution in [0.4, 0.5) is 22.7 Å². The largest absolute Gasteiger partial charge is 0.397 e. The van der Waals surface area contributed by atoms with Gasteiger partial charge in [0.25, 0.3) is 0 Å². The van der Waals surface area contributed by atoms with Gasteiger partial charge in [-0.15, -0.1) is 0 Å². The molecule has 1 aromatic carbocycles. The Bertz CT molecular complexity index is 744. The van der Waals surface area contributed by atoms with E-state index in [0.29, 0.717) is 28.4 Å². The van der Waals surface area contributed by atoms with E-state index in [1.807, 2.05) is 22.6 Å². The van der Waals surface area contributed by atoms with E-state index in [1.165, 1.54) is 0 Å². The first-order valence-corrected chi connectivity index (χ1v) is 8.24. The average molecular weight is 422 g/mol. The SMILES string of the molecule is CC(C)(C)c1cnc(/C=N/c2cc(N)c(/N=C/I)cc2N)cn1. The van der Waals surface area contributed by atoms with Gasteiger partial charge in [-0.2, -0.15) is 0 Å². The lowest BCUT2D eigenvalue weighted by molar-refractivity contribution is 0.565. The molecule has 0 bridgehead atoms. The molecule has 2 rings (SSSR count). The van der Waals surface area contributed by atoms with Crippen LogP contribution in [0.15, 0.2) is 34.5 Å². The van der Waals surface area contributed by atoms with Gasteiger partial charge in [0, 0.05) is 11.6 Å². The molecule has 2 aromatic rings. The fraction of sp³-hybridized carbons (Fsp3) is 0.250. The third-order valence-electron chi connectivity index (χ3n) is 3.14. The fourth-order valence-corrected chi connectivity index (χ4v) is 2.11. The van der Waals surface area contributed by atoms with E-state index in [2.05, 4.69) is 40.7 Å². The zero-order chi connectivity index (χ0) is 17.0. The van der Waals surface area contributed by atoms with Crippen LogP contribution in [0, 0.1) is 0 Å². The Morgan fingerprint density at radius 3 is 2.09 bits per heavy atom. The summed E-state index contributed by atoms with van der Waals surface area (Å²) in [6, 6.07) is 3.40. The van der Waals surface area contributed by atoms with Crippen LogP contribution >= 0.6 is 22.6 Å². The standard InChI is InChI=1S/C16H19IN6/c1-16(2,3)15-8-20-10(7-22-15)6-21-13-4-12(19)14(23-9-17)5-11(13)18/h4-9H,18-19H2,1-3H3/b21-6+,23-9+. The Morgan fingerprint density at radius 2 is 1.61 bits per heavy atom. The second-order valence-electron chi connectivity index (χ2n) is 6.03. The van der Waals surface area contributed by atoms with Gasteiger partial charge in [0.15, 0.2) is 0 Å². The highest BCUT2D eigenvalue weighted by atomic mass is 127. The van der Waals surface area contributed by atoms with E-state index in [1.54, 1.807) is 35.0 Å². The first-order chi connectivity index (χ1) is 10.8. The third-order valence-corrected chi connectivity index (χ3v) is 3.42. The average Bonchev–Trinajstić information content (AvgIpc) is 2.49. The predicted molar refractivity (Wildman–Crippen MR) is 105 cm³/mol. The lowest BCUT2D eigenvalue weighted by Gasteiger charge is -2.16. The van der Waals surface area contributed by atoms with Gasteiger partial charge in [0.2, 0.25) is 0 Å². The minimum atomic E-state index is -0.0312. The molecule has 120 valence electrons. The van der Waals surface area contributed by atoms with Crippen LogP contribution < -0.4 is 11.5 Å². The molecule has 0 amide bonds. The molecule has 1 heterocycles. The molecular weight excluding hydrogens is 403 g/mol. The van der Waals surface area contributed by atoms with Crippen molar-refractivity contribution in [2.24, 2.45) is 9.98 Å². The maximum Gasteiger partial charge on any atom is 0.0995 e. The highest BCUT2D eigenvalue weighted by Crippen LogP contribution is 2.33. The number of hydrogen-bond donors (Lipinski definition) is 2. The summed E-state index contributed by atoms with van der Waals surface area (Å²) in [5.74, 6) is 0. The minimum absolute atomic E-state index is 0.0312. The molecule has 23 heavy (non-hydrogen) atoms. The van der Waals surface area contributed by atoms with Crippen molar-refractivity contribution in [3.05, 3.63) is 35.9 Å². The van der Waals surface area contributed by atoms with Gasteiger partial charge in [-0.1, -0.05) is 20.8 Å². The predicted octanol–water partition coefficient (Wildman–Crippen LogP) is 3.78. The summed E-state index contributed by atoms with van der Waals surface area (Å²) in [5, 5.41) is 0. The van der Waals surface area contributed by atoms with E-state index in [9.17, 15) is 0 Å². The summed E-state index contributed by atoms with van der Waals surface area (Å²) in [6.07, 6.45) is 5.07. The van der Waals surface area contributed by atoms with Gasteiger partial charge in [-0.3, -0.25) is 15.0 Å². The quantitative estimate of drug-likeness (QED) is 0.446. The van der Waals surface area contributed by atoms with E-state index < -0.39 is 0 Å². The van der Waals surface area contributed by atoms with Crippen LogP contribution in [0.25, 0.3) is 0 Å². The Morgan fingerprint density at radius 1 is 1.00 bits per heavy atom. The van der Waals surface area contributed by atoms with Gasteiger partial charge in [0.1, 0.15) is 0 Å². The third kappa shape index (κ3) is 4.47. The van der Waals surface area contributed by atoms with Gasteiger partial charge in [-0.05, 0) is 34.7 Å². The topological polar surface area (TPSA) is 103 Å². The Labute approximate surface area is 149 Å². The van der Waals surface area contributed by atoms with Gasteiger partial charge >= 0.3 is 0 Å². The molecule has 0 atom stereocenters. The number of nitrogen functional groups attached to an aromatic ring is 2. The van der Waals surface area contributed by atoms with Crippen LogP contribution in [0.3, 0.4) is 0 Å². The zero-order valence-electron chi connectivity index (χ0n) is 13.3. The second kappa shape index (κ2) is 7.03. The molecule has 0 saturated carbocycles. The molecular formula is C16H19IN6. The van der Waals surface area contributed by atoms with Gasteiger partial charge < -0.3 is 11.5 Å². The normalized spacial score (nSPS) is 12.3. The van der Waals surface area contributed by atoms with Crippen molar-refractivity contribution >= 4 is 55.8 Å². The van der Waals surface area contributed by atoms with E-state index in [0.717, 1.165) is 5.69 Å². The highest BCUT2D eigenvalue weighted by Gasteiger charge is 2.15. The zero-order valence-corrected chi connectivity index (χ0v) is 15.4. The van der Waals surface area contributed by atoms with E-state index in [4.69, 9.17) is 11.5 Å². The second-order valence-corrected chi connectivity index (χ2v) is 6.59. The lowest BCUT2D eigenvalue weighted by atomic mass is 9.93. The molecule has 4 N–H and O–H groups in total. The molecule has 0 aliphatic rings. The van der Waals surface area contributed by atoms with Crippen molar-refractivity contribution in [1.29, 1.82) is 0 Å². The Balaban J connectivity index is 2.25. The summed E-state index contributed by atoms with van der Waals surface area (Å²) in [6.45, 7) is 6.27. The van der Waals surface area contributed by atoms with Crippen LogP contribution in [0.5, 0.6) is 0 Å². The van der Waals surface area contributed by atoms with Crippen molar-refractivity contribution < 1.29 is 0 Å². The summed E-state index contributed by atoms with van der Waals surface area (Å²) >= 11 is 2.03.